The maximum atomic E-state index is 12.9. The van der Waals surface area contributed by atoms with Crippen molar-refractivity contribution in [2.75, 3.05) is 0 Å². The van der Waals surface area contributed by atoms with Crippen molar-refractivity contribution < 1.29 is 4.79 Å². The van der Waals surface area contributed by atoms with Gasteiger partial charge >= 0.3 is 0 Å². The van der Waals surface area contributed by atoms with Gasteiger partial charge in [0.15, 0.2) is 5.78 Å². The molecule has 134 valence electrons. The molecule has 0 aromatic heterocycles. The van der Waals surface area contributed by atoms with Crippen LogP contribution in [0.25, 0.3) is 10.8 Å². The molecule has 0 fully saturated rings. The molecule has 0 aliphatic carbocycles. The second-order valence-electron chi connectivity index (χ2n) is 6.75. The van der Waals surface area contributed by atoms with Crippen LogP contribution in [-0.2, 0) is 0 Å². The van der Waals surface area contributed by atoms with Gasteiger partial charge in [-0.05, 0) is 28.5 Å². The first-order chi connectivity index (χ1) is 13.8. The second kappa shape index (κ2) is 8.37. The standard InChI is InChI=1S/C27H20O/c28-27(23-13-5-2-6-14-23)20-24(19-18-21-10-3-1-4-11-21)26-17-9-15-22-12-7-8-16-25(22)26/h1-17,24H,20H2. The van der Waals surface area contributed by atoms with Crippen LogP contribution < -0.4 is 0 Å². The molecule has 4 aromatic rings. The third-order valence-corrected chi connectivity index (χ3v) is 4.85. The van der Waals surface area contributed by atoms with Gasteiger partial charge in [0, 0.05) is 17.5 Å². The van der Waals surface area contributed by atoms with Crippen LogP contribution in [0.5, 0.6) is 0 Å². The van der Waals surface area contributed by atoms with E-state index in [1.807, 2.05) is 78.9 Å². The van der Waals surface area contributed by atoms with Crippen LogP contribution in [0, 0.1) is 11.8 Å². The molecular formula is C27H20O. The van der Waals surface area contributed by atoms with Gasteiger partial charge in [0.2, 0.25) is 0 Å². The van der Waals surface area contributed by atoms with Crippen LogP contribution in [0.4, 0.5) is 0 Å². The minimum atomic E-state index is -0.168. The number of Topliss-reactive ketones (excluding diaryl/α,β-unsaturated/α-hetero) is 1. The van der Waals surface area contributed by atoms with Crippen molar-refractivity contribution in [3.63, 3.8) is 0 Å². The van der Waals surface area contributed by atoms with Crippen LogP contribution in [-0.4, -0.2) is 5.78 Å². The third kappa shape index (κ3) is 4.03. The number of hydrogen-bond donors (Lipinski definition) is 0. The molecule has 28 heavy (non-hydrogen) atoms. The molecular weight excluding hydrogens is 340 g/mol. The number of ketones is 1. The summed E-state index contributed by atoms with van der Waals surface area (Å²) in [5.74, 6) is 6.58. The van der Waals surface area contributed by atoms with Crippen LogP contribution in [0.1, 0.15) is 33.8 Å². The van der Waals surface area contributed by atoms with E-state index in [0.29, 0.717) is 6.42 Å². The van der Waals surface area contributed by atoms with Gasteiger partial charge < -0.3 is 0 Å². The molecule has 0 N–H and O–H groups in total. The fraction of sp³-hybridized carbons (Fsp3) is 0.0741. The normalized spacial score (nSPS) is 11.4. The quantitative estimate of drug-likeness (QED) is 0.311. The summed E-state index contributed by atoms with van der Waals surface area (Å²) in [5, 5.41) is 2.32. The highest BCUT2D eigenvalue weighted by atomic mass is 16.1. The van der Waals surface area contributed by atoms with Gasteiger partial charge in [-0.15, -0.1) is 0 Å². The molecule has 1 unspecified atom stereocenters. The first kappa shape index (κ1) is 17.8. The molecule has 0 aliphatic heterocycles. The molecule has 4 rings (SSSR count). The zero-order valence-corrected chi connectivity index (χ0v) is 15.5. The zero-order valence-electron chi connectivity index (χ0n) is 15.5. The van der Waals surface area contributed by atoms with Gasteiger partial charge in [0.25, 0.3) is 0 Å². The molecule has 1 heteroatoms. The summed E-state index contributed by atoms with van der Waals surface area (Å²) in [6.07, 6.45) is 0.359. The van der Waals surface area contributed by atoms with Gasteiger partial charge in [-0.3, -0.25) is 4.79 Å². The Bertz CT molecular complexity index is 1140. The second-order valence-corrected chi connectivity index (χ2v) is 6.75. The molecule has 4 aromatic carbocycles. The molecule has 0 heterocycles. The van der Waals surface area contributed by atoms with E-state index in [1.54, 1.807) is 0 Å². The molecule has 1 atom stereocenters. The molecule has 1 nitrogen and oxygen atoms in total. The highest BCUT2D eigenvalue weighted by molar-refractivity contribution is 5.97. The van der Waals surface area contributed by atoms with Crippen LogP contribution in [0.2, 0.25) is 0 Å². The Morgan fingerprint density at radius 3 is 2.14 bits per heavy atom. The Hall–Kier alpha value is -3.63. The third-order valence-electron chi connectivity index (χ3n) is 4.85. The maximum Gasteiger partial charge on any atom is 0.164 e. The van der Waals surface area contributed by atoms with E-state index in [2.05, 4.69) is 36.1 Å². The number of fused-ring (bicyclic) bond motifs is 1. The average molecular weight is 360 g/mol. The Labute approximate surface area is 165 Å². The lowest BCUT2D eigenvalue weighted by Crippen LogP contribution is -2.07. The molecule has 0 saturated heterocycles. The van der Waals surface area contributed by atoms with Gasteiger partial charge in [0.05, 0.1) is 5.92 Å². The van der Waals surface area contributed by atoms with Crippen molar-refractivity contribution >= 4 is 16.6 Å². The summed E-state index contributed by atoms with van der Waals surface area (Å²) in [6.45, 7) is 0. The van der Waals surface area contributed by atoms with E-state index >= 15 is 0 Å². The lowest BCUT2D eigenvalue weighted by Gasteiger charge is -2.14. The monoisotopic (exact) mass is 360 g/mol. The van der Waals surface area contributed by atoms with E-state index in [-0.39, 0.29) is 11.7 Å². The summed E-state index contributed by atoms with van der Waals surface area (Å²) in [6, 6.07) is 33.9. The summed E-state index contributed by atoms with van der Waals surface area (Å²) in [7, 11) is 0. The maximum absolute atomic E-state index is 12.9. The lowest BCUT2D eigenvalue weighted by molar-refractivity contribution is 0.0979. The first-order valence-electron chi connectivity index (χ1n) is 9.44. The fourth-order valence-corrected chi connectivity index (χ4v) is 3.41. The van der Waals surface area contributed by atoms with E-state index in [0.717, 1.165) is 22.1 Å². The van der Waals surface area contributed by atoms with Crippen molar-refractivity contribution in [2.45, 2.75) is 12.3 Å². The van der Waals surface area contributed by atoms with Crippen molar-refractivity contribution in [1.82, 2.24) is 0 Å². The Morgan fingerprint density at radius 1 is 0.714 bits per heavy atom. The summed E-state index contributed by atoms with van der Waals surface area (Å²) >= 11 is 0. The summed E-state index contributed by atoms with van der Waals surface area (Å²) in [5.41, 5.74) is 2.79. The molecule has 0 amide bonds. The molecule has 0 aliphatic rings. The van der Waals surface area contributed by atoms with Crippen molar-refractivity contribution in [3.8, 4) is 11.8 Å². The van der Waals surface area contributed by atoms with E-state index in [1.165, 1.54) is 5.39 Å². The number of carbonyl (C=O) groups excluding carboxylic acids is 1. The number of rotatable bonds is 4. The SMILES string of the molecule is O=C(CC(C#Cc1ccccc1)c1cccc2ccccc12)c1ccccc1. The average Bonchev–Trinajstić information content (AvgIpc) is 2.77. The highest BCUT2D eigenvalue weighted by Gasteiger charge is 2.17. The zero-order chi connectivity index (χ0) is 19.2. The van der Waals surface area contributed by atoms with Crippen molar-refractivity contribution in [2.24, 2.45) is 0 Å². The minimum Gasteiger partial charge on any atom is -0.294 e. The predicted molar refractivity (Wildman–Crippen MR) is 115 cm³/mol. The summed E-state index contributed by atoms with van der Waals surface area (Å²) in [4.78, 5) is 12.9. The van der Waals surface area contributed by atoms with Crippen LogP contribution >= 0.6 is 0 Å². The predicted octanol–water partition coefficient (Wildman–Crippen LogP) is 6.25. The van der Waals surface area contributed by atoms with E-state index < -0.39 is 0 Å². The van der Waals surface area contributed by atoms with Crippen molar-refractivity contribution in [1.29, 1.82) is 0 Å². The number of hydrogen-bond acceptors (Lipinski definition) is 1. The molecule has 0 radical (unpaired) electrons. The van der Waals surface area contributed by atoms with Crippen molar-refractivity contribution in [3.05, 3.63) is 120 Å². The van der Waals surface area contributed by atoms with E-state index in [4.69, 9.17) is 0 Å². The Kier molecular flexibility index (Phi) is 5.31. The molecule has 0 bridgehead atoms. The van der Waals surface area contributed by atoms with Crippen LogP contribution in [0.3, 0.4) is 0 Å². The lowest BCUT2D eigenvalue weighted by atomic mass is 9.88. The fourth-order valence-electron chi connectivity index (χ4n) is 3.41. The first-order valence-corrected chi connectivity index (χ1v) is 9.44. The Balaban J connectivity index is 1.75. The largest absolute Gasteiger partial charge is 0.294 e. The van der Waals surface area contributed by atoms with Gasteiger partial charge in [-0.1, -0.05) is 103 Å². The topological polar surface area (TPSA) is 17.1 Å². The minimum absolute atomic E-state index is 0.112. The molecule has 0 spiro atoms. The number of carbonyl (C=O) groups is 1. The molecule has 0 saturated carbocycles. The van der Waals surface area contributed by atoms with Gasteiger partial charge in [-0.25, -0.2) is 0 Å². The number of benzene rings is 4. The van der Waals surface area contributed by atoms with Gasteiger partial charge in [-0.2, -0.15) is 0 Å². The highest BCUT2D eigenvalue weighted by Crippen LogP contribution is 2.29. The Morgan fingerprint density at radius 2 is 1.36 bits per heavy atom. The van der Waals surface area contributed by atoms with E-state index in [9.17, 15) is 4.79 Å². The van der Waals surface area contributed by atoms with Gasteiger partial charge in [0.1, 0.15) is 0 Å². The van der Waals surface area contributed by atoms with Crippen LogP contribution in [0.15, 0.2) is 103 Å². The summed E-state index contributed by atoms with van der Waals surface area (Å²) < 4.78 is 0. The smallest absolute Gasteiger partial charge is 0.164 e.